The molecule has 2 rings (SSSR count). The predicted octanol–water partition coefficient (Wildman–Crippen LogP) is 3.23. The van der Waals surface area contributed by atoms with Crippen LogP contribution in [0.4, 0.5) is 5.69 Å². The zero-order valence-corrected chi connectivity index (χ0v) is 12.9. The van der Waals surface area contributed by atoms with Crippen molar-refractivity contribution in [1.82, 2.24) is 10.3 Å². The highest BCUT2D eigenvalue weighted by molar-refractivity contribution is 9.10. The number of nitrogens with one attached hydrogen (secondary N) is 1. The number of nitrogens with two attached hydrogens (primary N) is 1. The van der Waals surface area contributed by atoms with Gasteiger partial charge in [0.1, 0.15) is 0 Å². The fourth-order valence-corrected chi connectivity index (χ4v) is 2.15. The normalized spacial score (nSPS) is 11.9. The summed E-state index contributed by atoms with van der Waals surface area (Å²) in [6, 6.07) is 9.40. The Morgan fingerprint density at radius 3 is 2.65 bits per heavy atom. The lowest BCUT2D eigenvalue weighted by molar-refractivity contribution is 0.0939. The van der Waals surface area contributed by atoms with E-state index in [1.54, 1.807) is 19.2 Å². The molecule has 0 unspecified atom stereocenters. The van der Waals surface area contributed by atoms with Gasteiger partial charge in [0.15, 0.2) is 0 Å². The number of nitrogen functional groups attached to an aromatic ring is 1. The quantitative estimate of drug-likeness (QED) is 0.906. The summed E-state index contributed by atoms with van der Waals surface area (Å²) in [6.07, 6.45) is 1.55. The number of halogens is 1. The van der Waals surface area contributed by atoms with Crippen LogP contribution in [0, 0.1) is 6.92 Å². The van der Waals surface area contributed by atoms with Crippen LogP contribution in [0.1, 0.15) is 34.6 Å². The highest BCUT2D eigenvalue weighted by atomic mass is 79.9. The van der Waals surface area contributed by atoms with Gasteiger partial charge >= 0.3 is 0 Å². The monoisotopic (exact) mass is 333 g/mol. The van der Waals surface area contributed by atoms with E-state index in [0.717, 1.165) is 10.0 Å². The van der Waals surface area contributed by atoms with Gasteiger partial charge in [0.2, 0.25) is 0 Å². The maximum absolute atomic E-state index is 12.3. The third-order valence-corrected chi connectivity index (χ3v) is 3.60. The molecule has 0 saturated heterocycles. The predicted molar refractivity (Wildman–Crippen MR) is 83.4 cm³/mol. The SMILES string of the molecule is Cc1ncc(N)cc1C(=O)N[C@H](C)c1ccc(Br)cc1. The number of rotatable bonds is 3. The van der Waals surface area contributed by atoms with Gasteiger partial charge in [-0.2, -0.15) is 0 Å². The van der Waals surface area contributed by atoms with Crippen molar-refractivity contribution in [2.75, 3.05) is 5.73 Å². The first-order chi connectivity index (χ1) is 9.47. The summed E-state index contributed by atoms with van der Waals surface area (Å²) in [4.78, 5) is 16.4. The van der Waals surface area contributed by atoms with E-state index in [9.17, 15) is 4.79 Å². The molecule has 0 radical (unpaired) electrons. The van der Waals surface area contributed by atoms with Crippen molar-refractivity contribution in [1.29, 1.82) is 0 Å². The highest BCUT2D eigenvalue weighted by Crippen LogP contribution is 2.18. The topological polar surface area (TPSA) is 68.0 Å². The molecule has 0 aliphatic rings. The van der Waals surface area contributed by atoms with E-state index in [0.29, 0.717) is 16.9 Å². The molecule has 104 valence electrons. The van der Waals surface area contributed by atoms with Gasteiger partial charge in [-0.15, -0.1) is 0 Å². The molecule has 0 bridgehead atoms. The molecule has 1 heterocycles. The van der Waals surface area contributed by atoms with E-state index in [4.69, 9.17) is 5.73 Å². The summed E-state index contributed by atoms with van der Waals surface area (Å²) in [6.45, 7) is 3.73. The molecule has 3 N–H and O–H groups in total. The molecule has 0 spiro atoms. The summed E-state index contributed by atoms with van der Waals surface area (Å²) in [5, 5.41) is 2.95. The van der Waals surface area contributed by atoms with Crippen LogP contribution in [0.15, 0.2) is 41.0 Å². The minimum atomic E-state index is -0.169. The summed E-state index contributed by atoms with van der Waals surface area (Å²) in [5.74, 6) is -0.169. The van der Waals surface area contributed by atoms with Crippen LogP contribution in [-0.4, -0.2) is 10.9 Å². The second kappa shape index (κ2) is 6.05. The van der Waals surface area contributed by atoms with Crippen molar-refractivity contribution in [3.8, 4) is 0 Å². The number of carbonyl (C=O) groups is 1. The lowest BCUT2D eigenvalue weighted by Gasteiger charge is -2.15. The van der Waals surface area contributed by atoms with Gasteiger partial charge in [-0.1, -0.05) is 28.1 Å². The highest BCUT2D eigenvalue weighted by Gasteiger charge is 2.14. The first-order valence-electron chi connectivity index (χ1n) is 6.26. The number of aryl methyl sites for hydroxylation is 1. The first-order valence-corrected chi connectivity index (χ1v) is 7.05. The summed E-state index contributed by atoms with van der Waals surface area (Å²) in [7, 11) is 0. The minimum absolute atomic E-state index is 0.0866. The maximum atomic E-state index is 12.3. The molecule has 1 aromatic heterocycles. The van der Waals surface area contributed by atoms with E-state index >= 15 is 0 Å². The van der Waals surface area contributed by atoms with Gasteiger partial charge in [-0.25, -0.2) is 0 Å². The lowest BCUT2D eigenvalue weighted by atomic mass is 10.1. The molecule has 20 heavy (non-hydrogen) atoms. The van der Waals surface area contributed by atoms with Gasteiger partial charge in [0.05, 0.1) is 29.2 Å². The number of hydrogen-bond donors (Lipinski definition) is 2. The number of nitrogens with zero attached hydrogens (tertiary/aromatic N) is 1. The van der Waals surface area contributed by atoms with Crippen LogP contribution in [-0.2, 0) is 0 Å². The Labute approximate surface area is 126 Å². The number of aromatic nitrogens is 1. The third-order valence-electron chi connectivity index (χ3n) is 3.07. The number of amides is 1. The van der Waals surface area contributed by atoms with Crippen LogP contribution in [0.25, 0.3) is 0 Å². The van der Waals surface area contributed by atoms with Crippen molar-refractivity contribution < 1.29 is 4.79 Å². The zero-order chi connectivity index (χ0) is 14.7. The minimum Gasteiger partial charge on any atom is -0.397 e. The van der Waals surface area contributed by atoms with E-state index in [2.05, 4.69) is 26.2 Å². The van der Waals surface area contributed by atoms with E-state index in [1.807, 2.05) is 31.2 Å². The molecular weight excluding hydrogens is 318 g/mol. The second-order valence-electron chi connectivity index (χ2n) is 4.65. The largest absolute Gasteiger partial charge is 0.397 e. The van der Waals surface area contributed by atoms with Crippen molar-refractivity contribution >= 4 is 27.5 Å². The number of pyridine rings is 1. The standard InChI is InChI=1S/C15H16BrN3O/c1-9(11-3-5-12(16)6-4-11)19-15(20)14-7-13(17)8-18-10(14)2/h3-9H,17H2,1-2H3,(H,19,20)/t9-/m1/s1. The molecule has 4 nitrogen and oxygen atoms in total. The van der Waals surface area contributed by atoms with Crippen molar-refractivity contribution in [2.45, 2.75) is 19.9 Å². The molecule has 0 fully saturated rings. The van der Waals surface area contributed by atoms with Crippen molar-refractivity contribution in [3.05, 3.63) is 57.8 Å². The number of hydrogen-bond acceptors (Lipinski definition) is 3. The number of carbonyl (C=O) groups excluding carboxylic acids is 1. The number of benzene rings is 1. The average molecular weight is 334 g/mol. The van der Waals surface area contributed by atoms with Crippen molar-refractivity contribution in [3.63, 3.8) is 0 Å². The Hall–Kier alpha value is -1.88. The summed E-state index contributed by atoms with van der Waals surface area (Å²) < 4.78 is 1.01. The Balaban J connectivity index is 2.15. The molecule has 0 saturated carbocycles. The maximum Gasteiger partial charge on any atom is 0.253 e. The first kappa shape index (κ1) is 14.5. The van der Waals surface area contributed by atoms with E-state index < -0.39 is 0 Å². The fraction of sp³-hybridized carbons (Fsp3) is 0.200. The second-order valence-corrected chi connectivity index (χ2v) is 5.56. The number of anilines is 1. The van der Waals surface area contributed by atoms with Crippen molar-refractivity contribution in [2.24, 2.45) is 0 Å². The Bertz CT molecular complexity index is 626. The van der Waals surface area contributed by atoms with Gasteiger partial charge in [0, 0.05) is 4.47 Å². The molecule has 0 aliphatic heterocycles. The van der Waals surface area contributed by atoms with Gasteiger partial charge in [-0.05, 0) is 37.6 Å². The average Bonchev–Trinajstić information content (AvgIpc) is 2.42. The Kier molecular flexibility index (Phi) is 4.39. The molecule has 1 atom stereocenters. The molecular formula is C15H16BrN3O. The third kappa shape index (κ3) is 3.36. The van der Waals surface area contributed by atoms with Gasteiger partial charge < -0.3 is 11.1 Å². The summed E-state index contributed by atoms with van der Waals surface area (Å²) >= 11 is 3.39. The molecule has 0 aliphatic carbocycles. The van der Waals surface area contributed by atoms with Crippen LogP contribution in [0.3, 0.4) is 0 Å². The van der Waals surface area contributed by atoms with Crippen LogP contribution in [0.5, 0.6) is 0 Å². The Morgan fingerprint density at radius 2 is 2.00 bits per heavy atom. The van der Waals surface area contributed by atoms with Crippen LogP contribution >= 0.6 is 15.9 Å². The van der Waals surface area contributed by atoms with Crippen LogP contribution < -0.4 is 11.1 Å². The van der Waals surface area contributed by atoms with Gasteiger partial charge in [0.25, 0.3) is 5.91 Å². The summed E-state index contributed by atoms with van der Waals surface area (Å²) in [5.41, 5.74) is 8.37. The molecule has 1 aromatic carbocycles. The zero-order valence-electron chi connectivity index (χ0n) is 11.4. The fourth-order valence-electron chi connectivity index (χ4n) is 1.89. The smallest absolute Gasteiger partial charge is 0.253 e. The van der Waals surface area contributed by atoms with E-state index in [1.165, 1.54) is 0 Å². The molecule has 5 heteroatoms. The molecule has 2 aromatic rings. The van der Waals surface area contributed by atoms with Gasteiger partial charge in [-0.3, -0.25) is 9.78 Å². The Morgan fingerprint density at radius 1 is 1.35 bits per heavy atom. The van der Waals surface area contributed by atoms with E-state index in [-0.39, 0.29) is 11.9 Å². The lowest BCUT2D eigenvalue weighted by Crippen LogP contribution is -2.27. The molecule has 1 amide bonds. The van der Waals surface area contributed by atoms with Crippen LogP contribution in [0.2, 0.25) is 0 Å².